The lowest BCUT2D eigenvalue weighted by Crippen LogP contribution is -2.42. The van der Waals surface area contributed by atoms with Gasteiger partial charge in [-0.2, -0.15) is 0 Å². The molecule has 1 fully saturated rings. The summed E-state index contributed by atoms with van der Waals surface area (Å²) >= 11 is 11.5. The minimum Gasteiger partial charge on any atom is -0.493 e. The molecule has 0 heterocycles. The quantitative estimate of drug-likeness (QED) is 0.777. The maximum absolute atomic E-state index is 12.2. The summed E-state index contributed by atoms with van der Waals surface area (Å²) in [6, 6.07) is 3.49. The van der Waals surface area contributed by atoms with E-state index in [2.05, 4.69) is 10.6 Å². The number of rotatable bonds is 5. The molecule has 1 aromatic rings. The molecule has 0 spiro atoms. The molecule has 1 aliphatic rings. The molecule has 24 heavy (non-hydrogen) atoms. The fourth-order valence-corrected chi connectivity index (χ4v) is 3.22. The van der Waals surface area contributed by atoms with Gasteiger partial charge in [-0.05, 0) is 36.7 Å². The normalized spacial score (nSPS) is 14.8. The third-order valence-corrected chi connectivity index (χ3v) is 4.80. The largest absolute Gasteiger partial charge is 0.493 e. The highest BCUT2D eigenvalue weighted by Gasteiger charge is 2.21. The molecule has 5 nitrogen and oxygen atoms in total. The smallest absolute Gasteiger partial charge is 0.229 e. The molecule has 7 heteroatoms. The van der Waals surface area contributed by atoms with Gasteiger partial charge in [-0.3, -0.25) is 4.79 Å². The lowest BCUT2D eigenvalue weighted by Gasteiger charge is -2.21. The number of halogens is 1. The van der Waals surface area contributed by atoms with Gasteiger partial charge in [0.2, 0.25) is 5.91 Å². The molecule has 1 aromatic carbocycles. The van der Waals surface area contributed by atoms with Crippen molar-refractivity contribution in [1.29, 1.82) is 0 Å². The SMILES string of the molecule is COc1cc(Cl)c(CNC(=S)NC(=O)C2CCCCC2)cc1OC. The molecular weight excluding hydrogens is 348 g/mol. The van der Waals surface area contributed by atoms with Crippen molar-refractivity contribution < 1.29 is 14.3 Å². The lowest BCUT2D eigenvalue weighted by atomic mass is 9.89. The topological polar surface area (TPSA) is 59.6 Å². The van der Waals surface area contributed by atoms with Crippen LogP contribution >= 0.6 is 23.8 Å². The molecule has 0 aliphatic heterocycles. The Bertz CT molecular complexity index is 604. The maximum atomic E-state index is 12.2. The molecular formula is C17H23ClN2O3S. The second-order valence-corrected chi connectivity index (χ2v) is 6.62. The highest BCUT2D eigenvalue weighted by molar-refractivity contribution is 7.80. The van der Waals surface area contributed by atoms with E-state index in [0.29, 0.717) is 28.2 Å². The zero-order valence-corrected chi connectivity index (χ0v) is 15.6. The molecule has 0 unspecified atom stereocenters. The summed E-state index contributed by atoms with van der Waals surface area (Å²) < 4.78 is 10.5. The van der Waals surface area contributed by atoms with Crippen molar-refractivity contribution in [2.75, 3.05) is 14.2 Å². The monoisotopic (exact) mass is 370 g/mol. The molecule has 0 atom stereocenters. The van der Waals surface area contributed by atoms with Crippen LogP contribution in [0.15, 0.2) is 12.1 Å². The Morgan fingerprint density at radius 3 is 2.46 bits per heavy atom. The number of carbonyl (C=O) groups excluding carboxylic acids is 1. The Morgan fingerprint density at radius 1 is 1.21 bits per heavy atom. The Labute approximate surface area is 153 Å². The fourth-order valence-electron chi connectivity index (χ4n) is 2.83. The average molecular weight is 371 g/mol. The molecule has 2 rings (SSSR count). The van der Waals surface area contributed by atoms with Crippen LogP contribution in [0, 0.1) is 5.92 Å². The molecule has 1 amide bonds. The number of nitrogens with one attached hydrogen (secondary N) is 2. The van der Waals surface area contributed by atoms with Gasteiger partial charge in [0.1, 0.15) is 0 Å². The van der Waals surface area contributed by atoms with Crippen LogP contribution in [0.4, 0.5) is 0 Å². The Hall–Kier alpha value is -1.53. The van der Waals surface area contributed by atoms with Crippen molar-refractivity contribution in [3.63, 3.8) is 0 Å². The summed E-state index contributed by atoms with van der Waals surface area (Å²) in [4.78, 5) is 12.2. The third kappa shape index (κ3) is 4.98. The number of ether oxygens (including phenoxy) is 2. The molecule has 2 N–H and O–H groups in total. The number of carbonyl (C=O) groups is 1. The summed E-state index contributed by atoms with van der Waals surface area (Å²) in [5, 5.41) is 6.65. The highest BCUT2D eigenvalue weighted by atomic mass is 35.5. The van der Waals surface area contributed by atoms with E-state index in [9.17, 15) is 4.79 Å². The summed E-state index contributed by atoms with van der Waals surface area (Å²) in [6.45, 7) is 0.392. The predicted octanol–water partition coefficient (Wildman–Crippen LogP) is 3.43. The average Bonchev–Trinajstić information content (AvgIpc) is 2.61. The Kier molecular flexibility index (Phi) is 7.12. The van der Waals surface area contributed by atoms with Gasteiger partial charge in [0.25, 0.3) is 0 Å². The predicted molar refractivity (Wildman–Crippen MR) is 98.7 cm³/mol. The van der Waals surface area contributed by atoms with E-state index in [4.69, 9.17) is 33.3 Å². The van der Waals surface area contributed by atoms with Gasteiger partial charge in [-0.1, -0.05) is 30.9 Å². The van der Waals surface area contributed by atoms with Crippen molar-refractivity contribution in [1.82, 2.24) is 10.6 Å². The highest BCUT2D eigenvalue weighted by Crippen LogP contribution is 2.33. The summed E-state index contributed by atoms with van der Waals surface area (Å²) in [5.41, 5.74) is 0.809. The number of thiocarbonyl (C=S) groups is 1. The van der Waals surface area contributed by atoms with Gasteiger partial charge < -0.3 is 20.1 Å². The van der Waals surface area contributed by atoms with E-state index in [-0.39, 0.29) is 11.8 Å². The van der Waals surface area contributed by atoms with E-state index in [1.54, 1.807) is 26.4 Å². The molecule has 0 bridgehead atoms. The van der Waals surface area contributed by atoms with E-state index >= 15 is 0 Å². The first-order chi connectivity index (χ1) is 11.5. The molecule has 132 valence electrons. The number of hydrogen-bond donors (Lipinski definition) is 2. The number of amides is 1. The molecule has 0 radical (unpaired) electrons. The van der Waals surface area contributed by atoms with Gasteiger partial charge in [-0.15, -0.1) is 0 Å². The Balaban J connectivity index is 1.90. The van der Waals surface area contributed by atoms with Crippen molar-refractivity contribution in [3.8, 4) is 11.5 Å². The minimum atomic E-state index is 0.00519. The number of methoxy groups -OCH3 is 2. The summed E-state index contributed by atoms with van der Waals surface area (Å²) in [5.74, 6) is 1.24. The van der Waals surface area contributed by atoms with Gasteiger partial charge in [0.15, 0.2) is 16.6 Å². The third-order valence-electron chi connectivity index (χ3n) is 4.20. The van der Waals surface area contributed by atoms with Gasteiger partial charge in [0, 0.05) is 23.6 Å². The van der Waals surface area contributed by atoms with Crippen LogP contribution in [-0.2, 0) is 11.3 Å². The van der Waals surface area contributed by atoms with Crippen molar-refractivity contribution >= 4 is 34.8 Å². The van der Waals surface area contributed by atoms with Crippen LogP contribution in [0.5, 0.6) is 11.5 Å². The zero-order valence-electron chi connectivity index (χ0n) is 14.0. The molecule has 1 saturated carbocycles. The van der Waals surface area contributed by atoms with Gasteiger partial charge >= 0.3 is 0 Å². The fraction of sp³-hybridized carbons (Fsp3) is 0.529. The van der Waals surface area contributed by atoms with Gasteiger partial charge in [0.05, 0.1) is 14.2 Å². The van der Waals surface area contributed by atoms with E-state index in [0.717, 1.165) is 31.2 Å². The first kappa shape index (κ1) is 18.8. The maximum Gasteiger partial charge on any atom is 0.229 e. The van der Waals surface area contributed by atoms with E-state index in [1.165, 1.54) is 6.42 Å². The van der Waals surface area contributed by atoms with Crippen LogP contribution in [-0.4, -0.2) is 25.2 Å². The van der Waals surface area contributed by atoms with Crippen LogP contribution in [0.3, 0.4) is 0 Å². The van der Waals surface area contributed by atoms with E-state index in [1.807, 2.05) is 0 Å². The zero-order chi connectivity index (χ0) is 17.5. The van der Waals surface area contributed by atoms with E-state index < -0.39 is 0 Å². The summed E-state index contributed by atoms with van der Waals surface area (Å²) in [7, 11) is 3.13. The summed E-state index contributed by atoms with van der Waals surface area (Å²) in [6.07, 6.45) is 5.31. The Morgan fingerprint density at radius 2 is 1.83 bits per heavy atom. The second kappa shape index (κ2) is 9.08. The molecule has 0 aromatic heterocycles. The lowest BCUT2D eigenvalue weighted by molar-refractivity contribution is -0.124. The standard InChI is InChI=1S/C17H23ClN2O3S/c1-22-14-8-12(13(18)9-15(14)23-2)10-19-17(24)20-16(21)11-6-4-3-5-7-11/h8-9,11H,3-7,10H2,1-2H3,(H2,19,20,21,24). The van der Waals surface area contributed by atoms with Crippen molar-refractivity contribution in [3.05, 3.63) is 22.7 Å². The van der Waals surface area contributed by atoms with Crippen LogP contribution in [0.2, 0.25) is 5.02 Å². The van der Waals surface area contributed by atoms with Gasteiger partial charge in [-0.25, -0.2) is 0 Å². The first-order valence-electron chi connectivity index (χ1n) is 8.04. The second-order valence-electron chi connectivity index (χ2n) is 5.81. The van der Waals surface area contributed by atoms with Crippen LogP contribution in [0.1, 0.15) is 37.7 Å². The van der Waals surface area contributed by atoms with Crippen molar-refractivity contribution in [2.24, 2.45) is 5.92 Å². The van der Waals surface area contributed by atoms with Crippen LogP contribution in [0.25, 0.3) is 0 Å². The molecule has 0 saturated heterocycles. The first-order valence-corrected chi connectivity index (χ1v) is 8.83. The van der Waals surface area contributed by atoms with Crippen molar-refractivity contribution in [2.45, 2.75) is 38.6 Å². The minimum absolute atomic E-state index is 0.00519. The number of benzene rings is 1. The number of hydrogen-bond acceptors (Lipinski definition) is 4. The molecule has 1 aliphatic carbocycles. The van der Waals surface area contributed by atoms with Crippen LogP contribution < -0.4 is 20.1 Å².